The molecule has 2 aromatic heterocycles. The highest BCUT2D eigenvalue weighted by molar-refractivity contribution is 5.86. The lowest BCUT2D eigenvalue weighted by Gasteiger charge is -2.17. The fourth-order valence-electron chi connectivity index (χ4n) is 3.24. The summed E-state index contributed by atoms with van der Waals surface area (Å²) in [4.78, 5) is 4.29. The Hall–Kier alpha value is -3.16. The second-order valence-electron chi connectivity index (χ2n) is 6.83. The van der Waals surface area contributed by atoms with E-state index in [0.29, 0.717) is 16.6 Å². The van der Waals surface area contributed by atoms with Crippen molar-refractivity contribution in [2.24, 2.45) is 0 Å². The number of nitrogens with zero attached hydrogens (tertiary/aromatic N) is 4. The molecule has 0 radical (unpaired) electrons. The number of pyridine rings is 1. The number of rotatable bonds is 3. The van der Waals surface area contributed by atoms with Crippen LogP contribution in [0.15, 0.2) is 36.5 Å². The average Bonchev–Trinajstić information content (AvgIpc) is 3.20. The maximum Gasteiger partial charge on any atom is 0.573 e. The standard InChI is InChI=1S/C19H15F3N4O3/c1-18(2)27-10-15(29-18)13-6-7-24-17-16(13)14(9-23)25-26(17)11-4-3-5-12(8-11)28-19(20,21)22/h3-8,15H,10H2,1-2H3. The maximum atomic E-state index is 12.5. The van der Waals surface area contributed by atoms with Gasteiger partial charge in [-0.15, -0.1) is 13.2 Å². The Morgan fingerprint density at radius 3 is 2.76 bits per heavy atom. The van der Waals surface area contributed by atoms with Gasteiger partial charge < -0.3 is 14.2 Å². The minimum Gasteiger partial charge on any atom is -0.406 e. The van der Waals surface area contributed by atoms with Crippen molar-refractivity contribution < 1.29 is 27.4 Å². The number of ether oxygens (including phenoxy) is 3. The first-order valence-electron chi connectivity index (χ1n) is 8.62. The molecule has 1 unspecified atom stereocenters. The van der Waals surface area contributed by atoms with Crippen LogP contribution in [0, 0.1) is 11.3 Å². The molecule has 1 atom stereocenters. The summed E-state index contributed by atoms with van der Waals surface area (Å²) < 4.78 is 54.4. The van der Waals surface area contributed by atoms with Gasteiger partial charge in [0.05, 0.1) is 17.7 Å². The Balaban J connectivity index is 1.83. The molecule has 1 aliphatic heterocycles. The van der Waals surface area contributed by atoms with Crippen molar-refractivity contribution in [3.63, 3.8) is 0 Å². The molecule has 7 nitrogen and oxygen atoms in total. The molecule has 10 heteroatoms. The van der Waals surface area contributed by atoms with Gasteiger partial charge in [0, 0.05) is 12.3 Å². The van der Waals surface area contributed by atoms with Gasteiger partial charge in [-0.05, 0) is 37.6 Å². The molecule has 29 heavy (non-hydrogen) atoms. The second kappa shape index (κ2) is 6.72. The van der Waals surface area contributed by atoms with Gasteiger partial charge >= 0.3 is 6.36 Å². The molecule has 150 valence electrons. The van der Waals surface area contributed by atoms with E-state index < -0.39 is 24.0 Å². The van der Waals surface area contributed by atoms with Gasteiger partial charge in [-0.25, -0.2) is 9.67 Å². The molecule has 0 spiro atoms. The van der Waals surface area contributed by atoms with E-state index in [2.05, 4.69) is 14.8 Å². The fraction of sp³-hybridized carbons (Fsp3) is 0.316. The Labute approximate surface area is 163 Å². The quantitative estimate of drug-likeness (QED) is 0.656. The first-order chi connectivity index (χ1) is 13.7. The third-order valence-electron chi connectivity index (χ3n) is 4.36. The van der Waals surface area contributed by atoms with Crippen molar-refractivity contribution in [3.8, 4) is 17.5 Å². The van der Waals surface area contributed by atoms with Crippen LogP contribution in [0.3, 0.4) is 0 Å². The van der Waals surface area contributed by atoms with E-state index in [1.165, 1.54) is 29.1 Å². The monoisotopic (exact) mass is 404 g/mol. The molecule has 3 heterocycles. The molecular formula is C19H15F3N4O3. The highest BCUT2D eigenvalue weighted by atomic mass is 19.4. The van der Waals surface area contributed by atoms with Crippen molar-refractivity contribution >= 4 is 11.0 Å². The van der Waals surface area contributed by atoms with E-state index in [1.807, 2.05) is 6.07 Å². The van der Waals surface area contributed by atoms with Crippen LogP contribution in [-0.2, 0) is 9.47 Å². The summed E-state index contributed by atoms with van der Waals surface area (Å²) in [6.45, 7) is 3.86. The summed E-state index contributed by atoms with van der Waals surface area (Å²) in [5.41, 5.74) is 1.34. The Morgan fingerprint density at radius 1 is 1.31 bits per heavy atom. The van der Waals surface area contributed by atoms with Gasteiger partial charge in [0.1, 0.15) is 17.9 Å². The molecule has 1 saturated heterocycles. The molecule has 0 saturated carbocycles. The van der Waals surface area contributed by atoms with Gasteiger partial charge in [0.15, 0.2) is 17.1 Å². The molecule has 1 aromatic carbocycles. The SMILES string of the molecule is CC1(C)OCC(c2ccnc3c2c(C#N)nn3-c2cccc(OC(F)(F)F)c2)O1. The number of nitriles is 1. The van der Waals surface area contributed by atoms with E-state index in [4.69, 9.17) is 9.47 Å². The number of benzene rings is 1. The zero-order chi connectivity index (χ0) is 20.8. The summed E-state index contributed by atoms with van der Waals surface area (Å²) in [5, 5.41) is 14.3. The highest BCUT2D eigenvalue weighted by Gasteiger charge is 2.35. The third kappa shape index (κ3) is 3.74. The zero-order valence-electron chi connectivity index (χ0n) is 15.4. The molecule has 4 rings (SSSR count). The van der Waals surface area contributed by atoms with Gasteiger partial charge in [-0.1, -0.05) is 6.07 Å². The van der Waals surface area contributed by atoms with Gasteiger partial charge in [0.2, 0.25) is 0 Å². The van der Waals surface area contributed by atoms with Crippen LogP contribution in [0.25, 0.3) is 16.7 Å². The van der Waals surface area contributed by atoms with Gasteiger partial charge in [-0.3, -0.25) is 0 Å². The van der Waals surface area contributed by atoms with Crippen LogP contribution in [-0.4, -0.2) is 33.5 Å². The predicted octanol–water partition coefficient (Wildman–Crippen LogP) is 4.01. The molecule has 1 aliphatic rings. The van der Waals surface area contributed by atoms with Crippen molar-refractivity contribution in [2.45, 2.75) is 32.1 Å². The Kier molecular flexibility index (Phi) is 4.44. The van der Waals surface area contributed by atoms with E-state index in [0.717, 1.165) is 0 Å². The average molecular weight is 404 g/mol. The van der Waals surface area contributed by atoms with Crippen molar-refractivity contribution in [3.05, 3.63) is 47.8 Å². The molecule has 0 amide bonds. The normalized spacial score (nSPS) is 18.7. The lowest BCUT2D eigenvalue weighted by atomic mass is 10.1. The summed E-state index contributed by atoms with van der Waals surface area (Å²) in [6, 6.07) is 9.03. The van der Waals surface area contributed by atoms with E-state index in [-0.39, 0.29) is 18.0 Å². The summed E-state index contributed by atoms with van der Waals surface area (Å²) in [6.07, 6.45) is -3.72. The molecule has 0 aliphatic carbocycles. The fourth-order valence-corrected chi connectivity index (χ4v) is 3.24. The molecule has 1 fully saturated rings. The van der Waals surface area contributed by atoms with Crippen molar-refractivity contribution in [1.29, 1.82) is 5.26 Å². The molecule has 0 bridgehead atoms. The van der Waals surface area contributed by atoms with Crippen LogP contribution in [0.1, 0.15) is 31.2 Å². The summed E-state index contributed by atoms with van der Waals surface area (Å²) >= 11 is 0. The number of hydrogen-bond acceptors (Lipinski definition) is 6. The number of fused-ring (bicyclic) bond motifs is 1. The highest BCUT2D eigenvalue weighted by Crippen LogP contribution is 2.37. The zero-order valence-corrected chi connectivity index (χ0v) is 15.4. The number of alkyl halides is 3. The second-order valence-corrected chi connectivity index (χ2v) is 6.83. The number of aromatic nitrogens is 3. The van der Waals surface area contributed by atoms with E-state index in [9.17, 15) is 18.4 Å². The first-order valence-corrected chi connectivity index (χ1v) is 8.62. The molecular weight excluding hydrogens is 389 g/mol. The van der Waals surface area contributed by atoms with E-state index >= 15 is 0 Å². The van der Waals surface area contributed by atoms with Gasteiger partial charge in [-0.2, -0.15) is 10.4 Å². The lowest BCUT2D eigenvalue weighted by Crippen LogP contribution is -2.19. The molecule has 3 aromatic rings. The lowest BCUT2D eigenvalue weighted by molar-refractivity contribution is -0.274. The smallest absolute Gasteiger partial charge is 0.406 e. The van der Waals surface area contributed by atoms with Crippen LogP contribution in [0.2, 0.25) is 0 Å². The van der Waals surface area contributed by atoms with Crippen molar-refractivity contribution in [2.75, 3.05) is 6.61 Å². The first kappa shape index (κ1) is 19.2. The van der Waals surface area contributed by atoms with Crippen LogP contribution in [0.4, 0.5) is 13.2 Å². The largest absolute Gasteiger partial charge is 0.573 e. The van der Waals surface area contributed by atoms with Crippen molar-refractivity contribution in [1.82, 2.24) is 14.8 Å². The Bertz CT molecular complexity index is 1120. The van der Waals surface area contributed by atoms with E-state index in [1.54, 1.807) is 26.0 Å². The minimum absolute atomic E-state index is 0.0820. The van der Waals surface area contributed by atoms with Gasteiger partial charge in [0.25, 0.3) is 0 Å². The number of halogens is 3. The van der Waals surface area contributed by atoms with Crippen LogP contribution < -0.4 is 4.74 Å². The van der Waals surface area contributed by atoms with Crippen LogP contribution >= 0.6 is 0 Å². The molecule has 0 N–H and O–H groups in total. The third-order valence-corrected chi connectivity index (χ3v) is 4.36. The summed E-state index contributed by atoms with van der Waals surface area (Å²) in [7, 11) is 0. The van der Waals surface area contributed by atoms with Crippen LogP contribution in [0.5, 0.6) is 5.75 Å². The number of hydrogen-bond donors (Lipinski definition) is 0. The predicted molar refractivity (Wildman–Crippen MR) is 94.1 cm³/mol. The minimum atomic E-state index is -4.82. The maximum absolute atomic E-state index is 12.5. The topological polar surface area (TPSA) is 82.2 Å². The summed E-state index contributed by atoms with van der Waals surface area (Å²) in [5.74, 6) is -1.17. The Morgan fingerprint density at radius 2 is 2.10 bits per heavy atom.